The van der Waals surface area contributed by atoms with Crippen LogP contribution >= 0.6 is 0 Å². The zero-order valence-corrected chi connectivity index (χ0v) is 14.9. The van der Waals surface area contributed by atoms with Gasteiger partial charge in [-0.3, -0.25) is 9.78 Å². The molecule has 0 saturated carbocycles. The Morgan fingerprint density at radius 3 is 2.77 bits per heavy atom. The summed E-state index contributed by atoms with van der Waals surface area (Å²) in [6.45, 7) is 0.413. The third-order valence-corrected chi connectivity index (χ3v) is 5.28. The van der Waals surface area contributed by atoms with Gasteiger partial charge in [0.25, 0.3) is 0 Å². The SMILES string of the molecule is O=C(CC1CC2CCC(C1)N2)Nc1cccc(OCc2ccccn2)c1. The Labute approximate surface area is 154 Å². The van der Waals surface area contributed by atoms with E-state index in [0.29, 0.717) is 31.0 Å². The van der Waals surface area contributed by atoms with Crippen LogP contribution < -0.4 is 15.4 Å². The highest BCUT2D eigenvalue weighted by molar-refractivity contribution is 5.91. The van der Waals surface area contributed by atoms with Gasteiger partial charge in [0.05, 0.1) is 5.69 Å². The van der Waals surface area contributed by atoms with Crippen molar-refractivity contribution in [2.24, 2.45) is 5.92 Å². The number of hydrogen-bond acceptors (Lipinski definition) is 4. The van der Waals surface area contributed by atoms with Crippen LogP contribution in [0.15, 0.2) is 48.7 Å². The number of piperidine rings is 1. The Hall–Kier alpha value is -2.40. The van der Waals surface area contributed by atoms with Crippen LogP contribution in [0.3, 0.4) is 0 Å². The van der Waals surface area contributed by atoms with E-state index >= 15 is 0 Å². The molecule has 2 N–H and O–H groups in total. The molecule has 2 aliphatic rings. The van der Waals surface area contributed by atoms with Gasteiger partial charge in [-0.1, -0.05) is 12.1 Å². The second-order valence-electron chi connectivity index (χ2n) is 7.37. The molecule has 1 aromatic heterocycles. The second kappa shape index (κ2) is 7.87. The Kier molecular flexibility index (Phi) is 5.16. The number of anilines is 1. The zero-order chi connectivity index (χ0) is 17.8. The first-order valence-corrected chi connectivity index (χ1v) is 9.43. The monoisotopic (exact) mass is 351 g/mol. The molecule has 4 rings (SSSR count). The van der Waals surface area contributed by atoms with Gasteiger partial charge in [-0.15, -0.1) is 0 Å². The molecule has 1 amide bonds. The van der Waals surface area contributed by atoms with Crippen molar-refractivity contribution in [3.05, 3.63) is 54.4 Å². The van der Waals surface area contributed by atoms with Crippen molar-refractivity contribution in [3.63, 3.8) is 0 Å². The number of pyridine rings is 1. The van der Waals surface area contributed by atoms with Gasteiger partial charge in [0.15, 0.2) is 0 Å². The minimum absolute atomic E-state index is 0.0955. The molecule has 2 bridgehead atoms. The predicted octanol–water partition coefficient (Wildman–Crippen LogP) is 3.52. The summed E-state index contributed by atoms with van der Waals surface area (Å²) >= 11 is 0. The van der Waals surface area contributed by atoms with E-state index in [1.54, 1.807) is 6.20 Å². The van der Waals surface area contributed by atoms with Crippen LogP contribution in [0.5, 0.6) is 5.75 Å². The highest BCUT2D eigenvalue weighted by Crippen LogP contribution is 2.32. The maximum atomic E-state index is 12.4. The highest BCUT2D eigenvalue weighted by atomic mass is 16.5. The van der Waals surface area contributed by atoms with Crippen LogP contribution in [0.1, 0.15) is 37.8 Å². The van der Waals surface area contributed by atoms with E-state index in [-0.39, 0.29) is 5.91 Å². The second-order valence-corrected chi connectivity index (χ2v) is 7.37. The molecule has 136 valence electrons. The zero-order valence-electron chi connectivity index (χ0n) is 14.9. The number of rotatable bonds is 6. The summed E-state index contributed by atoms with van der Waals surface area (Å²) < 4.78 is 5.78. The fourth-order valence-electron chi connectivity index (χ4n) is 4.12. The Morgan fingerprint density at radius 1 is 1.15 bits per heavy atom. The third-order valence-electron chi connectivity index (χ3n) is 5.28. The lowest BCUT2D eigenvalue weighted by molar-refractivity contribution is -0.117. The number of benzene rings is 1. The molecule has 26 heavy (non-hydrogen) atoms. The van der Waals surface area contributed by atoms with Crippen molar-refractivity contribution in [1.82, 2.24) is 10.3 Å². The van der Waals surface area contributed by atoms with Gasteiger partial charge in [-0.25, -0.2) is 0 Å². The van der Waals surface area contributed by atoms with E-state index in [4.69, 9.17) is 4.74 Å². The van der Waals surface area contributed by atoms with E-state index in [2.05, 4.69) is 15.6 Å². The van der Waals surface area contributed by atoms with Crippen LogP contribution in [0.25, 0.3) is 0 Å². The number of nitrogens with one attached hydrogen (secondary N) is 2. The van der Waals surface area contributed by atoms with E-state index < -0.39 is 0 Å². The molecule has 2 aromatic rings. The predicted molar refractivity (Wildman–Crippen MR) is 101 cm³/mol. The van der Waals surface area contributed by atoms with Crippen molar-refractivity contribution in [2.75, 3.05) is 5.32 Å². The molecule has 0 radical (unpaired) electrons. The smallest absolute Gasteiger partial charge is 0.224 e. The van der Waals surface area contributed by atoms with Crippen molar-refractivity contribution in [2.45, 2.75) is 50.8 Å². The standard InChI is InChI=1S/C21H25N3O2/c25-21(12-15-10-17-7-8-18(11-15)23-17)24-16-5-3-6-20(13-16)26-14-19-4-1-2-9-22-19/h1-6,9,13,15,17-18,23H,7-8,10-12,14H2,(H,24,25). The maximum absolute atomic E-state index is 12.4. The van der Waals surface area contributed by atoms with Crippen LogP contribution in [0, 0.1) is 5.92 Å². The van der Waals surface area contributed by atoms with Gasteiger partial charge in [-0.2, -0.15) is 0 Å². The molecule has 3 heterocycles. The van der Waals surface area contributed by atoms with E-state index in [1.165, 1.54) is 12.8 Å². The summed E-state index contributed by atoms with van der Waals surface area (Å²) in [6.07, 6.45) is 7.13. The molecular weight excluding hydrogens is 326 g/mol. The summed E-state index contributed by atoms with van der Waals surface area (Å²) in [5.41, 5.74) is 1.66. The average Bonchev–Trinajstić information content (AvgIpc) is 2.99. The lowest BCUT2D eigenvalue weighted by Crippen LogP contribution is -2.39. The average molecular weight is 351 g/mol. The highest BCUT2D eigenvalue weighted by Gasteiger charge is 2.34. The summed E-state index contributed by atoms with van der Waals surface area (Å²) in [7, 11) is 0. The topological polar surface area (TPSA) is 63.2 Å². The molecule has 5 heteroatoms. The molecule has 2 atom stereocenters. The normalized spacial score (nSPS) is 24.2. The molecular formula is C21H25N3O2. The lowest BCUT2D eigenvalue weighted by Gasteiger charge is -2.28. The van der Waals surface area contributed by atoms with Gasteiger partial charge in [-0.05, 0) is 55.9 Å². The summed E-state index contributed by atoms with van der Waals surface area (Å²) in [5.74, 6) is 1.32. The Bertz CT molecular complexity index is 738. The van der Waals surface area contributed by atoms with Gasteiger partial charge < -0.3 is 15.4 Å². The molecule has 0 spiro atoms. The fraction of sp³-hybridized carbons (Fsp3) is 0.429. The van der Waals surface area contributed by atoms with Crippen LogP contribution in [-0.2, 0) is 11.4 Å². The summed E-state index contributed by atoms with van der Waals surface area (Å²) in [6, 6.07) is 14.5. The third kappa shape index (κ3) is 4.41. The molecule has 2 fully saturated rings. The maximum Gasteiger partial charge on any atom is 0.224 e. The van der Waals surface area contributed by atoms with Crippen LogP contribution in [0.4, 0.5) is 5.69 Å². The van der Waals surface area contributed by atoms with Crippen molar-refractivity contribution in [1.29, 1.82) is 0 Å². The van der Waals surface area contributed by atoms with Crippen LogP contribution in [0.2, 0.25) is 0 Å². The molecule has 2 saturated heterocycles. The molecule has 5 nitrogen and oxygen atoms in total. The van der Waals surface area contributed by atoms with Crippen molar-refractivity contribution < 1.29 is 9.53 Å². The van der Waals surface area contributed by atoms with Gasteiger partial charge >= 0.3 is 0 Å². The lowest BCUT2D eigenvalue weighted by atomic mass is 9.89. The number of carbonyl (C=O) groups is 1. The molecule has 2 unspecified atom stereocenters. The summed E-state index contributed by atoms with van der Waals surface area (Å²) in [4.78, 5) is 16.7. The first-order valence-electron chi connectivity index (χ1n) is 9.43. The first-order chi connectivity index (χ1) is 12.7. The number of ether oxygens (including phenoxy) is 1. The van der Waals surface area contributed by atoms with E-state index in [1.807, 2.05) is 42.5 Å². The van der Waals surface area contributed by atoms with Gasteiger partial charge in [0, 0.05) is 36.5 Å². The number of fused-ring (bicyclic) bond motifs is 2. The number of nitrogens with zero attached hydrogens (tertiary/aromatic N) is 1. The molecule has 2 aliphatic heterocycles. The molecule has 1 aromatic carbocycles. The quantitative estimate of drug-likeness (QED) is 0.836. The number of amides is 1. The fourth-order valence-corrected chi connectivity index (χ4v) is 4.12. The van der Waals surface area contributed by atoms with E-state index in [0.717, 1.165) is 30.0 Å². The van der Waals surface area contributed by atoms with Crippen LogP contribution in [-0.4, -0.2) is 23.0 Å². The Morgan fingerprint density at radius 2 is 2.00 bits per heavy atom. The van der Waals surface area contributed by atoms with Crippen molar-refractivity contribution >= 4 is 11.6 Å². The first kappa shape index (κ1) is 17.0. The van der Waals surface area contributed by atoms with E-state index in [9.17, 15) is 4.79 Å². The minimum atomic E-state index is 0.0955. The Balaban J connectivity index is 1.29. The minimum Gasteiger partial charge on any atom is -0.487 e. The molecule has 0 aliphatic carbocycles. The summed E-state index contributed by atoms with van der Waals surface area (Å²) in [5, 5.41) is 6.65. The number of aromatic nitrogens is 1. The number of carbonyl (C=O) groups excluding carboxylic acids is 1. The van der Waals surface area contributed by atoms with Gasteiger partial charge in [0.1, 0.15) is 12.4 Å². The largest absolute Gasteiger partial charge is 0.487 e. The number of hydrogen-bond donors (Lipinski definition) is 2. The van der Waals surface area contributed by atoms with Crippen molar-refractivity contribution in [3.8, 4) is 5.75 Å². The van der Waals surface area contributed by atoms with Gasteiger partial charge in [0.2, 0.25) is 5.91 Å².